The molecule has 182 valence electrons. The zero-order chi connectivity index (χ0) is 24.5. The van der Waals surface area contributed by atoms with Gasteiger partial charge in [0.1, 0.15) is 12.2 Å². The first kappa shape index (κ1) is 23.2. The number of alkyl halides is 2. The summed E-state index contributed by atoms with van der Waals surface area (Å²) in [6.45, 7) is 7.33. The molecule has 1 saturated heterocycles. The molecule has 0 N–H and O–H groups in total. The number of benzene rings is 1. The van der Waals surface area contributed by atoms with Gasteiger partial charge in [-0.2, -0.15) is 5.10 Å². The highest BCUT2D eigenvalue weighted by Crippen LogP contribution is 2.33. The Bertz CT molecular complexity index is 1340. The van der Waals surface area contributed by atoms with Crippen LogP contribution in [0.3, 0.4) is 0 Å². The molecule has 0 bridgehead atoms. The number of aromatic nitrogens is 3. The Balaban J connectivity index is 1.33. The number of nitrogens with zero attached hydrogens (tertiary/aromatic N) is 5. The van der Waals surface area contributed by atoms with Gasteiger partial charge < -0.3 is 9.32 Å². The van der Waals surface area contributed by atoms with Crippen LogP contribution in [-0.4, -0.2) is 56.7 Å². The fraction of sp³-hybridized carbons (Fsp3) is 0.346. The topological polar surface area (TPSA) is 67.4 Å². The van der Waals surface area contributed by atoms with Crippen LogP contribution >= 0.6 is 0 Å². The van der Waals surface area contributed by atoms with Crippen LogP contribution in [0.2, 0.25) is 0 Å². The molecule has 0 atom stereocenters. The lowest BCUT2D eigenvalue weighted by molar-refractivity contribution is -0.133. The summed E-state index contributed by atoms with van der Waals surface area (Å²) in [7, 11) is 0. The van der Waals surface area contributed by atoms with Gasteiger partial charge in [-0.25, -0.2) is 18.4 Å². The fourth-order valence-electron chi connectivity index (χ4n) is 4.63. The number of carbonyl (C=O) groups is 1. The SMILES string of the molecule is Cc1ccccc1CN1CCN(C(=O)Cn2nc(C)c3c(C(F)F)cc(-c4ccco4)nc32)CC1. The summed E-state index contributed by atoms with van der Waals surface area (Å²) < 4.78 is 34.6. The largest absolute Gasteiger partial charge is 0.463 e. The molecule has 0 aliphatic carbocycles. The molecule has 1 aromatic carbocycles. The summed E-state index contributed by atoms with van der Waals surface area (Å²) in [5, 5.41) is 4.69. The highest BCUT2D eigenvalue weighted by atomic mass is 19.3. The third-order valence-electron chi connectivity index (χ3n) is 6.58. The molecule has 0 radical (unpaired) electrons. The van der Waals surface area contributed by atoms with Crippen LogP contribution in [0.4, 0.5) is 8.78 Å². The Morgan fingerprint density at radius 2 is 1.86 bits per heavy atom. The first-order valence-electron chi connectivity index (χ1n) is 11.7. The Hall–Kier alpha value is -3.59. The minimum atomic E-state index is -2.71. The normalized spacial score (nSPS) is 14.8. The fourth-order valence-corrected chi connectivity index (χ4v) is 4.63. The van der Waals surface area contributed by atoms with E-state index in [1.807, 2.05) is 17.0 Å². The molecular formula is C26H27F2N5O2. The van der Waals surface area contributed by atoms with Crippen LogP contribution in [0.1, 0.15) is 28.8 Å². The van der Waals surface area contributed by atoms with E-state index in [4.69, 9.17) is 4.42 Å². The van der Waals surface area contributed by atoms with Gasteiger partial charge in [0.05, 0.1) is 17.3 Å². The standard InChI is InChI=1S/C26H27F2N5O2/c1-17-6-3-4-7-19(17)15-31-9-11-32(12-10-31)23(34)16-33-26-24(18(2)30-33)20(25(27)28)14-21(29-26)22-8-5-13-35-22/h3-8,13-14,25H,9-12,15-16H2,1-2H3. The molecule has 1 amide bonds. The zero-order valence-corrected chi connectivity index (χ0v) is 19.7. The molecule has 4 aromatic rings. The Kier molecular flexibility index (Phi) is 6.34. The second-order valence-corrected chi connectivity index (χ2v) is 8.90. The van der Waals surface area contributed by atoms with Crippen LogP contribution in [0.5, 0.6) is 0 Å². The lowest BCUT2D eigenvalue weighted by atomic mass is 10.1. The summed E-state index contributed by atoms with van der Waals surface area (Å²) in [5.41, 5.74) is 3.36. The van der Waals surface area contributed by atoms with Crippen molar-refractivity contribution in [2.24, 2.45) is 0 Å². The van der Waals surface area contributed by atoms with E-state index in [-0.39, 0.29) is 34.7 Å². The molecule has 0 saturated carbocycles. The second-order valence-electron chi connectivity index (χ2n) is 8.90. The predicted octanol–water partition coefficient (Wildman–Crippen LogP) is 4.59. The highest BCUT2D eigenvalue weighted by molar-refractivity contribution is 5.86. The van der Waals surface area contributed by atoms with Crippen molar-refractivity contribution in [3.63, 3.8) is 0 Å². The van der Waals surface area contributed by atoms with Gasteiger partial charge in [-0.15, -0.1) is 0 Å². The van der Waals surface area contributed by atoms with E-state index in [1.54, 1.807) is 19.1 Å². The maximum absolute atomic E-state index is 13.9. The molecule has 7 nitrogen and oxygen atoms in total. The lowest BCUT2D eigenvalue weighted by Gasteiger charge is -2.35. The molecule has 9 heteroatoms. The van der Waals surface area contributed by atoms with Gasteiger partial charge >= 0.3 is 0 Å². The molecule has 5 rings (SSSR count). The molecule has 1 aliphatic rings. The highest BCUT2D eigenvalue weighted by Gasteiger charge is 2.25. The molecule has 4 heterocycles. The average Bonchev–Trinajstić information content (AvgIpc) is 3.49. The minimum Gasteiger partial charge on any atom is -0.463 e. The van der Waals surface area contributed by atoms with Crippen LogP contribution in [-0.2, 0) is 17.9 Å². The number of amides is 1. The molecule has 1 aliphatic heterocycles. The van der Waals surface area contributed by atoms with Crippen LogP contribution in [0, 0.1) is 13.8 Å². The third kappa shape index (κ3) is 4.68. The Labute approximate surface area is 202 Å². The monoisotopic (exact) mass is 479 g/mol. The molecule has 35 heavy (non-hydrogen) atoms. The smallest absolute Gasteiger partial charge is 0.264 e. The van der Waals surface area contributed by atoms with Crippen LogP contribution in [0.25, 0.3) is 22.5 Å². The van der Waals surface area contributed by atoms with Crippen LogP contribution < -0.4 is 0 Å². The van der Waals surface area contributed by atoms with E-state index in [9.17, 15) is 13.6 Å². The summed E-state index contributed by atoms with van der Waals surface area (Å²) in [4.78, 5) is 21.8. The van der Waals surface area contributed by atoms with Gasteiger partial charge in [-0.05, 0) is 43.2 Å². The van der Waals surface area contributed by atoms with Crippen molar-refractivity contribution in [1.29, 1.82) is 0 Å². The first-order chi connectivity index (χ1) is 16.9. The van der Waals surface area contributed by atoms with Gasteiger partial charge in [-0.3, -0.25) is 9.69 Å². The number of fused-ring (bicyclic) bond motifs is 1. The van der Waals surface area contributed by atoms with Crippen molar-refractivity contribution in [3.8, 4) is 11.5 Å². The number of aryl methyl sites for hydroxylation is 2. The van der Waals surface area contributed by atoms with Crippen molar-refractivity contribution >= 4 is 16.9 Å². The lowest BCUT2D eigenvalue weighted by Crippen LogP contribution is -2.49. The molecule has 0 spiro atoms. The molecule has 3 aromatic heterocycles. The number of hydrogen-bond acceptors (Lipinski definition) is 5. The molecular weight excluding hydrogens is 452 g/mol. The van der Waals surface area contributed by atoms with E-state index >= 15 is 0 Å². The van der Waals surface area contributed by atoms with Crippen LogP contribution in [0.15, 0.2) is 53.1 Å². The average molecular weight is 480 g/mol. The maximum atomic E-state index is 13.9. The second kappa shape index (κ2) is 9.58. The summed E-state index contributed by atoms with van der Waals surface area (Å²) in [5.74, 6) is 0.282. The van der Waals surface area contributed by atoms with Crippen molar-refractivity contribution in [2.45, 2.75) is 33.4 Å². The van der Waals surface area contributed by atoms with Crippen molar-refractivity contribution in [2.75, 3.05) is 26.2 Å². The van der Waals surface area contributed by atoms with Gasteiger partial charge in [-0.1, -0.05) is 24.3 Å². The van der Waals surface area contributed by atoms with E-state index in [2.05, 4.69) is 34.0 Å². The zero-order valence-electron chi connectivity index (χ0n) is 19.7. The number of piperazine rings is 1. The summed E-state index contributed by atoms with van der Waals surface area (Å²) >= 11 is 0. The minimum absolute atomic E-state index is 0.0561. The van der Waals surface area contributed by atoms with E-state index in [1.165, 1.54) is 28.1 Å². The van der Waals surface area contributed by atoms with Gasteiger partial charge in [0.2, 0.25) is 5.91 Å². The number of pyridine rings is 1. The number of furan rings is 1. The maximum Gasteiger partial charge on any atom is 0.264 e. The molecule has 0 unspecified atom stereocenters. The van der Waals surface area contributed by atoms with Crippen molar-refractivity contribution in [1.82, 2.24) is 24.6 Å². The Morgan fingerprint density at radius 3 is 2.54 bits per heavy atom. The number of carbonyl (C=O) groups excluding carboxylic acids is 1. The first-order valence-corrected chi connectivity index (χ1v) is 11.7. The van der Waals surface area contributed by atoms with Crippen molar-refractivity contribution in [3.05, 3.63) is 71.1 Å². The number of halogens is 2. The van der Waals surface area contributed by atoms with E-state index in [0.717, 1.165) is 19.6 Å². The molecule has 1 fully saturated rings. The summed E-state index contributed by atoms with van der Waals surface area (Å²) in [6.07, 6.45) is -1.24. The van der Waals surface area contributed by atoms with E-state index in [0.29, 0.717) is 24.5 Å². The van der Waals surface area contributed by atoms with Gasteiger partial charge in [0, 0.05) is 38.3 Å². The van der Waals surface area contributed by atoms with Gasteiger partial charge in [0.25, 0.3) is 6.43 Å². The Morgan fingerprint density at radius 1 is 1.09 bits per heavy atom. The number of rotatable bonds is 6. The third-order valence-corrected chi connectivity index (χ3v) is 6.58. The quantitative estimate of drug-likeness (QED) is 0.405. The summed E-state index contributed by atoms with van der Waals surface area (Å²) in [6, 6.07) is 13.0. The predicted molar refractivity (Wildman–Crippen MR) is 128 cm³/mol. The van der Waals surface area contributed by atoms with Gasteiger partial charge in [0.15, 0.2) is 11.4 Å². The van der Waals surface area contributed by atoms with Crippen molar-refractivity contribution < 1.29 is 18.0 Å². The van der Waals surface area contributed by atoms with E-state index < -0.39 is 6.43 Å². The number of hydrogen-bond donors (Lipinski definition) is 0.